The van der Waals surface area contributed by atoms with E-state index < -0.39 is 0 Å². The van der Waals surface area contributed by atoms with Gasteiger partial charge in [0.05, 0.1) is 18.2 Å². The lowest BCUT2D eigenvalue weighted by atomic mass is 10.1. The minimum absolute atomic E-state index is 0.0386. The molecule has 0 radical (unpaired) electrons. The highest BCUT2D eigenvalue weighted by atomic mass is 35.5. The number of H-pyrrole nitrogens is 1. The molecule has 8 heteroatoms. The van der Waals surface area contributed by atoms with Crippen molar-refractivity contribution in [2.75, 3.05) is 26.4 Å². The van der Waals surface area contributed by atoms with E-state index in [2.05, 4.69) is 4.98 Å². The van der Waals surface area contributed by atoms with Crippen LogP contribution in [-0.2, 0) is 11.3 Å². The first kappa shape index (κ1) is 20.8. The van der Waals surface area contributed by atoms with Gasteiger partial charge in [-0.3, -0.25) is 9.59 Å². The van der Waals surface area contributed by atoms with Gasteiger partial charge in [0.25, 0.3) is 11.5 Å². The summed E-state index contributed by atoms with van der Waals surface area (Å²) >= 11 is 5.98. The van der Waals surface area contributed by atoms with Gasteiger partial charge in [0, 0.05) is 40.8 Å². The number of hydrogen-bond donors (Lipinski definition) is 1. The molecule has 2 aliphatic rings. The average Bonchev–Trinajstić information content (AvgIpc) is 3.31. The molecule has 3 heterocycles. The van der Waals surface area contributed by atoms with E-state index in [0.29, 0.717) is 59.5 Å². The minimum atomic E-state index is -0.240. The predicted octanol–water partition coefficient (Wildman–Crippen LogP) is 3.77. The number of carbonyl (C=O) groups excluding carboxylic acids is 1. The first-order chi connectivity index (χ1) is 15.6. The van der Waals surface area contributed by atoms with Crippen molar-refractivity contribution in [1.82, 2.24) is 9.88 Å². The highest BCUT2D eigenvalue weighted by molar-refractivity contribution is 6.30. The summed E-state index contributed by atoms with van der Waals surface area (Å²) in [5, 5.41) is 1.38. The second-order valence-electron chi connectivity index (χ2n) is 8.03. The molecule has 0 saturated carbocycles. The topological polar surface area (TPSA) is 80.9 Å². The molecule has 0 unspecified atom stereocenters. The lowest BCUT2D eigenvalue weighted by Gasteiger charge is -2.26. The standard InChI is InChI=1S/C24H23ClN2O5/c25-18-5-3-15(4-6-18)24(29)27(14-19-2-1-7-30-19)13-17-10-16-11-21-22(32-9-8-31-21)12-20(16)26-23(17)28/h3-6,10-12,19H,1-2,7-9,13-14H2,(H,26,28)/t19-/m0/s1. The van der Waals surface area contributed by atoms with Crippen LogP contribution in [0.4, 0.5) is 0 Å². The molecule has 0 bridgehead atoms. The van der Waals surface area contributed by atoms with E-state index >= 15 is 0 Å². The summed E-state index contributed by atoms with van der Waals surface area (Å²) in [4.78, 5) is 30.7. The number of ether oxygens (including phenoxy) is 3. The molecule has 7 nitrogen and oxygen atoms in total. The minimum Gasteiger partial charge on any atom is -0.486 e. The number of fused-ring (bicyclic) bond motifs is 2. The maximum atomic E-state index is 13.3. The summed E-state index contributed by atoms with van der Waals surface area (Å²) in [5.74, 6) is 1.10. The Morgan fingerprint density at radius 3 is 2.53 bits per heavy atom. The Hall–Kier alpha value is -3.03. The molecule has 166 valence electrons. The zero-order chi connectivity index (χ0) is 22.1. The van der Waals surface area contributed by atoms with Crippen molar-refractivity contribution in [1.29, 1.82) is 0 Å². The van der Waals surface area contributed by atoms with Gasteiger partial charge in [-0.25, -0.2) is 0 Å². The number of halogens is 1. The van der Waals surface area contributed by atoms with Crippen LogP contribution in [0, 0.1) is 0 Å². The predicted molar refractivity (Wildman–Crippen MR) is 121 cm³/mol. The van der Waals surface area contributed by atoms with Gasteiger partial charge in [0.2, 0.25) is 0 Å². The maximum Gasteiger partial charge on any atom is 0.254 e. The SMILES string of the molecule is O=C(c1ccc(Cl)cc1)N(Cc1cc2cc3c(cc2[nH]c1=O)OCCO3)C[C@@H]1CCCO1. The number of amides is 1. The van der Waals surface area contributed by atoms with Gasteiger partial charge < -0.3 is 24.1 Å². The normalized spacial score (nSPS) is 17.5. The molecule has 2 aromatic carbocycles. The van der Waals surface area contributed by atoms with Gasteiger partial charge in [-0.1, -0.05) is 11.6 Å². The van der Waals surface area contributed by atoms with Crippen LogP contribution < -0.4 is 15.0 Å². The van der Waals surface area contributed by atoms with E-state index in [0.717, 1.165) is 18.2 Å². The van der Waals surface area contributed by atoms with Crippen LogP contribution in [0.15, 0.2) is 47.3 Å². The number of pyridine rings is 1. The van der Waals surface area contributed by atoms with Crippen LogP contribution in [0.25, 0.3) is 10.9 Å². The number of aromatic amines is 1. The number of hydrogen-bond acceptors (Lipinski definition) is 5. The Kier molecular flexibility index (Phi) is 5.76. The van der Waals surface area contributed by atoms with Crippen LogP contribution in [0.2, 0.25) is 5.02 Å². The third-order valence-electron chi connectivity index (χ3n) is 5.77. The van der Waals surface area contributed by atoms with Gasteiger partial charge in [-0.15, -0.1) is 0 Å². The Morgan fingerprint density at radius 1 is 1.06 bits per heavy atom. The molecule has 1 N–H and O–H groups in total. The smallest absolute Gasteiger partial charge is 0.254 e. The average molecular weight is 455 g/mol. The van der Waals surface area contributed by atoms with Gasteiger partial charge in [-0.2, -0.15) is 0 Å². The second kappa shape index (κ2) is 8.84. The van der Waals surface area contributed by atoms with E-state index in [-0.39, 0.29) is 24.1 Å². The second-order valence-corrected chi connectivity index (χ2v) is 8.47. The van der Waals surface area contributed by atoms with Crippen molar-refractivity contribution < 1.29 is 19.0 Å². The van der Waals surface area contributed by atoms with Gasteiger partial charge in [0.15, 0.2) is 11.5 Å². The van der Waals surface area contributed by atoms with Gasteiger partial charge in [-0.05, 0) is 49.2 Å². The number of carbonyl (C=O) groups is 1. The number of rotatable bonds is 5. The Morgan fingerprint density at radius 2 is 1.81 bits per heavy atom. The molecule has 1 fully saturated rings. The van der Waals surface area contributed by atoms with Crippen molar-refractivity contribution in [3.63, 3.8) is 0 Å². The number of benzene rings is 2. The monoisotopic (exact) mass is 454 g/mol. The van der Waals surface area contributed by atoms with Gasteiger partial charge >= 0.3 is 0 Å². The van der Waals surface area contributed by atoms with E-state index in [9.17, 15) is 9.59 Å². The molecule has 5 rings (SSSR count). The van der Waals surface area contributed by atoms with Crippen LogP contribution in [0.1, 0.15) is 28.8 Å². The van der Waals surface area contributed by atoms with E-state index in [1.165, 1.54) is 0 Å². The highest BCUT2D eigenvalue weighted by Gasteiger charge is 2.25. The molecule has 32 heavy (non-hydrogen) atoms. The molecule has 1 amide bonds. The third kappa shape index (κ3) is 4.31. The fourth-order valence-corrected chi connectivity index (χ4v) is 4.27. The molecule has 1 aromatic heterocycles. The van der Waals surface area contributed by atoms with Crippen molar-refractivity contribution >= 4 is 28.4 Å². The summed E-state index contributed by atoms with van der Waals surface area (Å²) in [7, 11) is 0. The molecule has 0 aliphatic carbocycles. The highest BCUT2D eigenvalue weighted by Crippen LogP contribution is 2.33. The number of nitrogens with one attached hydrogen (secondary N) is 1. The Labute approximate surface area is 189 Å². The molecule has 1 saturated heterocycles. The zero-order valence-electron chi connectivity index (χ0n) is 17.4. The number of nitrogens with zero attached hydrogens (tertiary/aromatic N) is 1. The van der Waals surface area contributed by atoms with Crippen molar-refractivity contribution in [2.45, 2.75) is 25.5 Å². The molecule has 1 atom stereocenters. The largest absolute Gasteiger partial charge is 0.486 e. The van der Waals surface area contributed by atoms with E-state index in [1.807, 2.05) is 12.1 Å². The zero-order valence-corrected chi connectivity index (χ0v) is 18.2. The summed E-state index contributed by atoms with van der Waals surface area (Å²) in [5.41, 5.74) is 1.44. The summed E-state index contributed by atoms with van der Waals surface area (Å²) in [6.45, 7) is 2.24. The maximum absolute atomic E-state index is 13.3. The summed E-state index contributed by atoms with van der Waals surface area (Å²) in [6, 6.07) is 12.2. The lowest BCUT2D eigenvalue weighted by Crippen LogP contribution is -2.38. The summed E-state index contributed by atoms with van der Waals surface area (Å²) < 4.78 is 17.0. The first-order valence-corrected chi connectivity index (χ1v) is 11.1. The lowest BCUT2D eigenvalue weighted by molar-refractivity contribution is 0.0506. The molecular formula is C24H23ClN2O5. The molecule has 2 aliphatic heterocycles. The van der Waals surface area contributed by atoms with E-state index in [4.69, 9.17) is 25.8 Å². The molecule has 0 spiro atoms. The van der Waals surface area contributed by atoms with Crippen LogP contribution >= 0.6 is 11.6 Å². The van der Waals surface area contributed by atoms with E-state index in [1.54, 1.807) is 35.2 Å². The summed E-state index contributed by atoms with van der Waals surface area (Å²) in [6.07, 6.45) is 1.82. The Bertz CT molecular complexity index is 1200. The fraction of sp³-hybridized carbons (Fsp3) is 0.333. The van der Waals surface area contributed by atoms with Crippen LogP contribution in [0.3, 0.4) is 0 Å². The fourth-order valence-electron chi connectivity index (χ4n) is 4.14. The third-order valence-corrected chi connectivity index (χ3v) is 6.02. The van der Waals surface area contributed by atoms with Crippen molar-refractivity contribution in [3.8, 4) is 11.5 Å². The number of aromatic nitrogens is 1. The van der Waals surface area contributed by atoms with Gasteiger partial charge in [0.1, 0.15) is 13.2 Å². The van der Waals surface area contributed by atoms with Crippen LogP contribution in [0.5, 0.6) is 11.5 Å². The molecular weight excluding hydrogens is 432 g/mol. The van der Waals surface area contributed by atoms with Crippen molar-refractivity contribution in [3.05, 3.63) is 69.0 Å². The van der Waals surface area contributed by atoms with Crippen LogP contribution in [-0.4, -0.2) is 48.3 Å². The van der Waals surface area contributed by atoms with Crippen molar-refractivity contribution in [2.24, 2.45) is 0 Å². The first-order valence-electron chi connectivity index (χ1n) is 10.7. The Balaban J connectivity index is 1.47. The quantitative estimate of drug-likeness (QED) is 0.634. The molecule has 3 aromatic rings.